The van der Waals surface area contributed by atoms with Crippen molar-refractivity contribution in [1.29, 1.82) is 0 Å². The van der Waals surface area contributed by atoms with E-state index in [0.29, 0.717) is 0 Å². The minimum atomic E-state index is -0.655. The molecule has 110 valence electrons. The molecule has 0 spiro atoms. The average molecular weight is 276 g/mol. The summed E-state index contributed by atoms with van der Waals surface area (Å²) in [5.74, 6) is 0.0237. The van der Waals surface area contributed by atoms with Crippen LogP contribution >= 0.6 is 0 Å². The number of hydrogen-bond acceptors (Lipinski definition) is 3. The Morgan fingerprint density at radius 3 is 2.90 bits per heavy atom. The minimum Gasteiger partial charge on any atom is -0.387 e. The summed E-state index contributed by atoms with van der Waals surface area (Å²) < 4.78 is 0. The number of nitrogens with two attached hydrogens (primary N) is 1. The van der Waals surface area contributed by atoms with Crippen LogP contribution in [0.3, 0.4) is 0 Å². The fourth-order valence-corrected chi connectivity index (χ4v) is 2.88. The molecule has 4 N–H and O–H groups in total. The Hall–Kier alpha value is -1.39. The van der Waals surface area contributed by atoms with Crippen LogP contribution in [0, 0.1) is 12.8 Å². The van der Waals surface area contributed by atoms with Crippen LogP contribution in [0.25, 0.3) is 0 Å². The van der Waals surface area contributed by atoms with E-state index in [1.807, 2.05) is 31.2 Å². The largest absolute Gasteiger partial charge is 0.387 e. The van der Waals surface area contributed by atoms with Crippen molar-refractivity contribution in [2.24, 2.45) is 11.7 Å². The molecule has 1 amide bonds. The van der Waals surface area contributed by atoms with Gasteiger partial charge in [0.2, 0.25) is 5.91 Å². The lowest BCUT2D eigenvalue weighted by atomic mass is 9.85. The highest BCUT2D eigenvalue weighted by Crippen LogP contribution is 2.23. The van der Waals surface area contributed by atoms with Gasteiger partial charge in [0.1, 0.15) is 0 Å². The number of aliphatic hydroxyl groups is 1. The van der Waals surface area contributed by atoms with Gasteiger partial charge in [0.15, 0.2) is 0 Å². The number of rotatable bonds is 4. The van der Waals surface area contributed by atoms with Gasteiger partial charge in [-0.05, 0) is 37.3 Å². The van der Waals surface area contributed by atoms with Gasteiger partial charge in [-0.3, -0.25) is 4.79 Å². The molecular weight excluding hydrogens is 252 g/mol. The predicted molar refractivity (Wildman–Crippen MR) is 79.1 cm³/mol. The number of nitrogens with one attached hydrogen (secondary N) is 1. The molecule has 0 radical (unpaired) electrons. The quantitative estimate of drug-likeness (QED) is 0.783. The van der Waals surface area contributed by atoms with Crippen molar-refractivity contribution in [3.8, 4) is 0 Å². The summed E-state index contributed by atoms with van der Waals surface area (Å²) in [4.78, 5) is 12.1. The van der Waals surface area contributed by atoms with Crippen molar-refractivity contribution in [2.45, 2.75) is 44.8 Å². The van der Waals surface area contributed by atoms with Crippen LogP contribution in [0.2, 0.25) is 0 Å². The monoisotopic (exact) mass is 276 g/mol. The van der Waals surface area contributed by atoms with Gasteiger partial charge in [-0.1, -0.05) is 30.7 Å². The van der Waals surface area contributed by atoms with Gasteiger partial charge in [-0.25, -0.2) is 0 Å². The molecule has 4 nitrogen and oxygen atoms in total. The molecule has 3 atom stereocenters. The molecule has 4 heteroatoms. The summed E-state index contributed by atoms with van der Waals surface area (Å²) in [6.07, 6.45) is 3.03. The standard InChI is InChI=1S/C16H24N2O2/c1-11-5-2-3-8-14(11)15(19)10-18-16(20)12-6-4-7-13(17)9-12/h2-3,5,8,12-13,15,19H,4,6-7,9-10,17H2,1H3,(H,18,20)/t12-,13-,15-/m1/s1. The first-order chi connectivity index (χ1) is 9.58. The molecule has 1 aliphatic rings. The molecule has 0 heterocycles. The van der Waals surface area contributed by atoms with Crippen LogP contribution in [-0.4, -0.2) is 23.6 Å². The Labute approximate surface area is 120 Å². The van der Waals surface area contributed by atoms with Gasteiger partial charge in [0.25, 0.3) is 0 Å². The topological polar surface area (TPSA) is 75.3 Å². The first-order valence-corrected chi connectivity index (χ1v) is 7.35. The van der Waals surface area contributed by atoms with Crippen molar-refractivity contribution in [3.63, 3.8) is 0 Å². The molecule has 20 heavy (non-hydrogen) atoms. The Morgan fingerprint density at radius 2 is 2.20 bits per heavy atom. The normalized spacial score (nSPS) is 24.1. The molecule has 1 aromatic rings. The van der Waals surface area contributed by atoms with E-state index in [0.717, 1.165) is 36.8 Å². The number of amides is 1. The van der Waals surface area contributed by atoms with Crippen molar-refractivity contribution in [1.82, 2.24) is 5.32 Å². The van der Waals surface area contributed by atoms with E-state index in [1.165, 1.54) is 0 Å². The molecule has 0 aromatic heterocycles. The Kier molecular flexibility index (Phi) is 5.15. The SMILES string of the molecule is Cc1ccccc1[C@H](O)CNC(=O)[C@@H]1CCC[C@@H](N)C1. The summed E-state index contributed by atoms with van der Waals surface area (Å²) in [6, 6.07) is 7.82. The van der Waals surface area contributed by atoms with Crippen LogP contribution in [-0.2, 0) is 4.79 Å². The maximum absolute atomic E-state index is 12.1. The van der Waals surface area contributed by atoms with Gasteiger partial charge in [-0.15, -0.1) is 0 Å². The molecule has 1 saturated carbocycles. The van der Waals surface area contributed by atoms with E-state index in [2.05, 4.69) is 5.32 Å². The molecule has 0 saturated heterocycles. The molecule has 0 aliphatic heterocycles. The Balaban J connectivity index is 1.85. The highest BCUT2D eigenvalue weighted by Gasteiger charge is 2.25. The zero-order valence-corrected chi connectivity index (χ0v) is 12.0. The molecule has 1 aromatic carbocycles. The van der Waals surface area contributed by atoms with Crippen LogP contribution in [0.5, 0.6) is 0 Å². The zero-order valence-electron chi connectivity index (χ0n) is 12.0. The van der Waals surface area contributed by atoms with Gasteiger partial charge in [0.05, 0.1) is 6.10 Å². The van der Waals surface area contributed by atoms with E-state index < -0.39 is 6.10 Å². The van der Waals surface area contributed by atoms with Crippen LogP contribution in [0.15, 0.2) is 24.3 Å². The van der Waals surface area contributed by atoms with Gasteiger partial charge in [0, 0.05) is 18.5 Å². The first kappa shape index (κ1) is 15.0. The number of carbonyl (C=O) groups excluding carboxylic acids is 1. The van der Waals surface area contributed by atoms with Gasteiger partial charge < -0.3 is 16.2 Å². The fraction of sp³-hybridized carbons (Fsp3) is 0.562. The summed E-state index contributed by atoms with van der Waals surface area (Å²) in [5.41, 5.74) is 7.81. The van der Waals surface area contributed by atoms with Crippen LogP contribution < -0.4 is 11.1 Å². The molecular formula is C16H24N2O2. The third-order valence-electron chi connectivity index (χ3n) is 4.10. The van der Waals surface area contributed by atoms with Crippen molar-refractivity contribution in [3.05, 3.63) is 35.4 Å². The lowest BCUT2D eigenvalue weighted by Crippen LogP contribution is -2.39. The molecule has 1 aliphatic carbocycles. The second kappa shape index (κ2) is 6.86. The first-order valence-electron chi connectivity index (χ1n) is 7.35. The maximum Gasteiger partial charge on any atom is 0.223 e. The minimum absolute atomic E-state index is 0.00261. The smallest absolute Gasteiger partial charge is 0.223 e. The Morgan fingerprint density at radius 1 is 1.45 bits per heavy atom. The number of aryl methyl sites for hydroxylation is 1. The Bertz CT molecular complexity index is 462. The van der Waals surface area contributed by atoms with Crippen LogP contribution in [0.4, 0.5) is 0 Å². The average Bonchev–Trinajstić information content (AvgIpc) is 2.45. The summed E-state index contributed by atoms with van der Waals surface area (Å²) in [7, 11) is 0. The van der Waals surface area contributed by atoms with E-state index >= 15 is 0 Å². The molecule has 1 fully saturated rings. The lowest BCUT2D eigenvalue weighted by Gasteiger charge is -2.26. The zero-order chi connectivity index (χ0) is 14.5. The fourth-order valence-electron chi connectivity index (χ4n) is 2.88. The third kappa shape index (κ3) is 3.81. The second-order valence-corrected chi connectivity index (χ2v) is 5.74. The summed E-state index contributed by atoms with van der Waals surface area (Å²) >= 11 is 0. The van der Waals surface area contributed by atoms with Crippen molar-refractivity contribution in [2.75, 3.05) is 6.54 Å². The summed E-state index contributed by atoms with van der Waals surface area (Å²) in [6.45, 7) is 2.22. The van der Waals surface area contributed by atoms with Gasteiger partial charge in [-0.2, -0.15) is 0 Å². The predicted octanol–water partition coefficient (Wildman–Crippen LogP) is 1.66. The lowest BCUT2D eigenvalue weighted by molar-refractivity contribution is -0.126. The second-order valence-electron chi connectivity index (χ2n) is 5.74. The summed E-state index contributed by atoms with van der Waals surface area (Å²) in [5, 5.41) is 13.0. The van der Waals surface area contributed by atoms with Crippen molar-refractivity contribution < 1.29 is 9.90 Å². The van der Waals surface area contributed by atoms with E-state index in [1.54, 1.807) is 0 Å². The van der Waals surface area contributed by atoms with E-state index in [-0.39, 0.29) is 24.4 Å². The number of carbonyl (C=O) groups is 1. The molecule has 0 bridgehead atoms. The van der Waals surface area contributed by atoms with E-state index in [4.69, 9.17) is 5.73 Å². The number of benzene rings is 1. The number of hydrogen-bond donors (Lipinski definition) is 3. The van der Waals surface area contributed by atoms with Crippen LogP contribution in [0.1, 0.15) is 42.9 Å². The van der Waals surface area contributed by atoms with E-state index in [9.17, 15) is 9.90 Å². The third-order valence-corrected chi connectivity index (χ3v) is 4.10. The molecule has 0 unspecified atom stereocenters. The number of aliphatic hydroxyl groups excluding tert-OH is 1. The molecule has 2 rings (SSSR count). The van der Waals surface area contributed by atoms with Gasteiger partial charge >= 0.3 is 0 Å². The highest BCUT2D eigenvalue weighted by atomic mass is 16.3. The van der Waals surface area contributed by atoms with Crippen molar-refractivity contribution >= 4 is 5.91 Å². The maximum atomic E-state index is 12.1. The highest BCUT2D eigenvalue weighted by molar-refractivity contribution is 5.78.